The van der Waals surface area contributed by atoms with Gasteiger partial charge in [0.05, 0.1) is 6.04 Å². The standard InChI is InChI=1S/C20H23FN4OS/c21-16-5-3-4-15-17(7-11-27-19(15)16)24-20(26)23-13-14-6-8-22-18(12-14)25-9-1-2-10-25/h3-6,8,12,17H,1-2,7,9-11,13H2,(H2,23,24,26). The second-order valence-corrected chi connectivity index (χ2v) is 8.00. The van der Waals surface area contributed by atoms with Crippen LogP contribution in [0.15, 0.2) is 41.4 Å². The third-order valence-corrected chi connectivity index (χ3v) is 6.18. The molecule has 2 aliphatic heterocycles. The van der Waals surface area contributed by atoms with E-state index in [1.165, 1.54) is 30.7 Å². The minimum atomic E-state index is -0.235. The first-order valence-electron chi connectivity index (χ1n) is 9.36. The summed E-state index contributed by atoms with van der Waals surface area (Å²) in [6.45, 7) is 2.52. The van der Waals surface area contributed by atoms with Gasteiger partial charge in [0.2, 0.25) is 0 Å². The molecule has 1 saturated heterocycles. The Morgan fingerprint density at radius 1 is 1.30 bits per heavy atom. The average molecular weight is 386 g/mol. The van der Waals surface area contributed by atoms with Crippen LogP contribution in [-0.2, 0) is 6.54 Å². The molecule has 0 bridgehead atoms. The van der Waals surface area contributed by atoms with Crippen LogP contribution in [-0.4, -0.2) is 29.9 Å². The molecular formula is C20H23FN4OS. The topological polar surface area (TPSA) is 57.3 Å². The molecule has 1 fully saturated rings. The van der Waals surface area contributed by atoms with E-state index in [-0.39, 0.29) is 17.9 Å². The van der Waals surface area contributed by atoms with Crippen LogP contribution in [0.1, 0.15) is 36.4 Å². The second kappa shape index (κ2) is 8.17. The van der Waals surface area contributed by atoms with Gasteiger partial charge in [0.1, 0.15) is 11.6 Å². The van der Waals surface area contributed by atoms with Gasteiger partial charge in [-0.05, 0) is 48.6 Å². The van der Waals surface area contributed by atoms with Gasteiger partial charge in [0.25, 0.3) is 0 Å². The van der Waals surface area contributed by atoms with Crippen molar-refractivity contribution in [2.75, 3.05) is 23.7 Å². The van der Waals surface area contributed by atoms with Crippen molar-refractivity contribution in [3.05, 3.63) is 53.5 Å². The molecule has 2 amide bonds. The van der Waals surface area contributed by atoms with Crippen molar-refractivity contribution < 1.29 is 9.18 Å². The molecule has 2 aromatic rings. The van der Waals surface area contributed by atoms with E-state index < -0.39 is 0 Å². The lowest BCUT2D eigenvalue weighted by Gasteiger charge is -2.26. The maximum absolute atomic E-state index is 14.0. The van der Waals surface area contributed by atoms with Crippen LogP contribution in [0.5, 0.6) is 0 Å². The maximum Gasteiger partial charge on any atom is 0.315 e. The number of nitrogens with zero attached hydrogens (tertiary/aromatic N) is 2. The van der Waals surface area contributed by atoms with Crippen LogP contribution in [0.2, 0.25) is 0 Å². The van der Waals surface area contributed by atoms with Gasteiger partial charge in [-0.2, -0.15) is 0 Å². The molecule has 1 aromatic heterocycles. The van der Waals surface area contributed by atoms with E-state index in [2.05, 4.69) is 20.5 Å². The average Bonchev–Trinajstić information content (AvgIpc) is 3.22. The normalized spacial score (nSPS) is 18.9. The molecule has 27 heavy (non-hydrogen) atoms. The summed E-state index contributed by atoms with van der Waals surface area (Å²) in [4.78, 5) is 19.7. The van der Waals surface area contributed by atoms with E-state index in [0.717, 1.165) is 42.2 Å². The quantitative estimate of drug-likeness (QED) is 0.838. The zero-order chi connectivity index (χ0) is 18.6. The highest BCUT2D eigenvalue weighted by atomic mass is 32.2. The minimum Gasteiger partial charge on any atom is -0.357 e. The van der Waals surface area contributed by atoms with Crippen LogP contribution in [0.3, 0.4) is 0 Å². The van der Waals surface area contributed by atoms with Crippen LogP contribution in [0.4, 0.5) is 15.0 Å². The van der Waals surface area contributed by atoms with Crippen molar-refractivity contribution in [3.63, 3.8) is 0 Å². The van der Waals surface area contributed by atoms with Crippen molar-refractivity contribution in [2.45, 2.75) is 36.7 Å². The van der Waals surface area contributed by atoms with Crippen LogP contribution < -0.4 is 15.5 Å². The highest BCUT2D eigenvalue weighted by Gasteiger charge is 2.24. The summed E-state index contributed by atoms with van der Waals surface area (Å²) in [6.07, 6.45) is 4.99. The third-order valence-electron chi connectivity index (χ3n) is 5.02. The molecule has 3 heterocycles. The number of amides is 2. The Bertz CT molecular complexity index is 825. The highest BCUT2D eigenvalue weighted by molar-refractivity contribution is 7.99. The predicted molar refractivity (Wildman–Crippen MR) is 106 cm³/mol. The van der Waals surface area contributed by atoms with Gasteiger partial charge in [-0.3, -0.25) is 0 Å². The number of carbonyl (C=O) groups excluding carboxylic acids is 1. The van der Waals surface area contributed by atoms with Crippen molar-refractivity contribution >= 4 is 23.6 Å². The van der Waals surface area contributed by atoms with Gasteiger partial charge >= 0.3 is 6.03 Å². The first-order valence-corrected chi connectivity index (χ1v) is 10.3. The second-order valence-electron chi connectivity index (χ2n) is 6.89. The Hall–Kier alpha value is -2.28. The summed E-state index contributed by atoms with van der Waals surface area (Å²) in [5, 5.41) is 5.90. The smallest absolute Gasteiger partial charge is 0.315 e. The summed E-state index contributed by atoms with van der Waals surface area (Å²) in [6, 6.07) is 8.62. The zero-order valence-corrected chi connectivity index (χ0v) is 15.9. The lowest BCUT2D eigenvalue weighted by molar-refractivity contribution is 0.236. The summed E-state index contributed by atoms with van der Waals surface area (Å²) in [7, 11) is 0. The Labute approximate surface area is 162 Å². The number of hydrogen-bond acceptors (Lipinski definition) is 4. The Balaban J connectivity index is 1.36. The number of pyridine rings is 1. The molecule has 1 aromatic carbocycles. The molecule has 0 radical (unpaired) electrons. The molecule has 0 spiro atoms. The van der Waals surface area contributed by atoms with E-state index >= 15 is 0 Å². The molecular weight excluding hydrogens is 363 g/mol. The predicted octanol–water partition coefficient (Wildman–Crippen LogP) is 3.86. The number of urea groups is 1. The van der Waals surface area contributed by atoms with Gasteiger partial charge in [0.15, 0.2) is 0 Å². The van der Waals surface area contributed by atoms with Crippen LogP contribution in [0, 0.1) is 5.82 Å². The monoisotopic (exact) mass is 386 g/mol. The number of aromatic nitrogens is 1. The largest absolute Gasteiger partial charge is 0.357 e. The number of carbonyl (C=O) groups is 1. The van der Waals surface area contributed by atoms with Gasteiger partial charge in [-0.1, -0.05) is 12.1 Å². The highest BCUT2D eigenvalue weighted by Crippen LogP contribution is 2.37. The third kappa shape index (κ3) is 4.18. The van der Waals surface area contributed by atoms with Crippen molar-refractivity contribution in [1.82, 2.24) is 15.6 Å². The number of rotatable bonds is 4. The number of nitrogens with one attached hydrogen (secondary N) is 2. The number of benzene rings is 1. The fourth-order valence-corrected chi connectivity index (χ4v) is 4.76. The molecule has 1 unspecified atom stereocenters. The van der Waals surface area contributed by atoms with E-state index in [1.54, 1.807) is 12.3 Å². The fourth-order valence-electron chi connectivity index (χ4n) is 3.62. The number of fused-ring (bicyclic) bond motifs is 1. The van der Waals surface area contributed by atoms with Crippen LogP contribution in [0.25, 0.3) is 0 Å². The zero-order valence-electron chi connectivity index (χ0n) is 15.1. The summed E-state index contributed by atoms with van der Waals surface area (Å²) in [5.74, 6) is 1.55. The summed E-state index contributed by atoms with van der Waals surface area (Å²) >= 11 is 1.51. The summed E-state index contributed by atoms with van der Waals surface area (Å²) in [5.41, 5.74) is 1.88. The number of halogens is 1. The molecule has 7 heteroatoms. The molecule has 1 atom stereocenters. The van der Waals surface area contributed by atoms with Gasteiger partial charge in [-0.15, -0.1) is 11.8 Å². The van der Waals surface area contributed by atoms with Crippen molar-refractivity contribution in [3.8, 4) is 0 Å². The number of thioether (sulfide) groups is 1. The number of anilines is 1. The Morgan fingerprint density at radius 3 is 3.00 bits per heavy atom. The van der Waals surface area contributed by atoms with E-state index in [9.17, 15) is 9.18 Å². The van der Waals surface area contributed by atoms with Gasteiger partial charge < -0.3 is 15.5 Å². The SMILES string of the molecule is O=C(NCc1ccnc(N2CCCC2)c1)NC1CCSc2c(F)cccc21. The molecule has 2 N–H and O–H groups in total. The van der Waals surface area contributed by atoms with E-state index in [1.807, 2.05) is 18.2 Å². The molecule has 5 nitrogen and oxygen atoms in total. The minimum absolute atomic E-state index is 0.158. The maximum atomic E-state index is 14.0. The van der Waals surface area contributed by atoms with Crippen molar-refractivity contribution in [2.24, 2.45) is 0 Å². The molecule has 2 aliphatic rings. The number of hydrogen-bond donors (Lipinski definition) is 2. The van der Waals surface area contributed by atoms with E-state index in [4.69, 9.17) is 0 Å². The Morgan fingerprint density at radius 2 is 2.15 bits per heavy atom. The molecule has 0 aliphatic carbocycles. The fraction of sp³-hybridized carbons (Fsp3) is 0.400. The molecule has 0 saturated carbocycles. The van der Waals surface area contributed by atoms with E-state index in [0.29, 0.717) is 11.4 Å². The first-order chi connectivity index (χ1) is 13.2. The lowest BCUT2D eigenvalue weighted by Crippen LogP contribution is -2.38. The van der Waals surface area contributed by atoms with Crippen LogP contribution >= 0.6 is 11.8 Å². The van der Waals surface area contributed by atoms with Gasteiger partial charge in [0, 0.05) is 36.5 Å². The Kier molecular flexibility index (Phi) is 5.48. The van der Waals surface area contributed by atoms with Gasteiger partial charge in [-0.25, -0.2) is 14.2 Å². The first kappa shape index (κ1) is 18.1. The molecule has 142 valence electrons. The summed E-state index contributed by atoms with van der Waals surface area (Å²) < 4.78 is 14.0. The molecule has 4 rings (SSSR count). The lowest BCUT2D eigenvalue weighted by atomic mass is 10.0. The van der Waals surface area contributed by atoms with Crippen molar-refractivity contribution in [1.29, 1.82) is 0 Å².